The molecule has 1 aliphatic carbocycles. The van der Waals surface area contributed by atoms with Crippen molar-refractivity contribution in [3.05, 3.63) is 23.3 Å². The maximum absolute atomic E-state index is 2.36. The van der Waals surface area contributed by atoms with Crippen molar-refractivity contribution in [3.63, 3.8) is 0 Å². The minimum atomic E-state index is 1.21. The van der Waals surface area contributed by atoms with Gasteiger partial charge in [0.05, 0.1) is 0 Å². The molecule has 1 rings (SSSR count). The highest BCUT2D eigenvalue weighted by molar-refractivity contribution is 5.32. The zero-order valence-electron chi connectivity index (χ0n) is 6.98. The van der Waals surface area contributed by atoms with Crippen molar-refractivity contribution in [2.24, 2.45) is 0 Å². The fourth-order valence-corrected chi connectivity index (χ4v) is 1.35. The third-order valence-corrected chi connectivity index (χ3v) is 2.01. The SMILES string of the molecule is CCCC1=CCC(CC)=C1. The lowest BCUT2D eigenvalue weighted by Crippen LogP contribution is -1.72. The highest BCUT2D eigenvalue weighted by Crippen LogP contribution is 2.22. The van der Waals surface area contributed by atoms with E-state index in [1.165, 1.54) is 25.7 Å². The summed E-state index contributed by atoms with van der Waals surface area (Å²) in [4.78, 5) is 0. The van der Waals surface area contributed by atoms with Crippen LogP contribution in [0.3, 0.4) is 0 Å². The van der Waals surface area contributed by atoms with Crippen LogP contribution in [0.1, 0.15) is 39.5 Å². The van der Waals surface area contributed by atoms with E-state index in [4.69, 9.17) is 0 Å². The van der Waals surface area contributed by atoms with E-state index in [0.29, 0.717) is 0 Å². The van der Waals surface area contributed by atoms with Gasteiger partial charge in [-0.3, -0.25) is 0 Å². The average molecular weight is 136 g/mol. The molecule has 0 spiro atoms. The second-order valence-electron chi connectivity index (χ2n) is 2.89. The van der Waals surface area contributed by atoms with Crippen molar-refractivity contribution >= 4 is 0 Å². The third kappa shape index (κ3) is 1.73. The average Bonchev–Trinajstić information content (AvgIpc) is 2.37. The zero-order valence-corrected chi connectivity index (χ0v) is 6.98. The lowest BCUT2D eigenvalue weighted by molar-refractivity contribution is 0.927. The Morgan fingerprint density at radius 3 is 2.70 bits per heavy atom. The summed E-state index contributed by atoms with van der Waals surface area (Å²) in [6.07, 6.45) is 9.71. The van der Waals surface area contributed by atoms with E-state index in [2.05, 4.69) is 26.0 Å². The molecule has 0 saturated heterocycles. The Balaban J connectivity index is 2.42. The Morgan fingerprint density at radius 2 is 2.20 bits per heavy atom. The first kappa shape index (κ1) is 7.59. The first-order valence-corrected chi connectivity index (χ1v) is 4.25. The summed E-state index contributed by atoms with van der Waals surface area (Å²) >= 11 is 0. The molecule has 0 aromatic heterocycles. The predicted octanol–water partition coefficient (Wildman–Crippen LogP) is 3.45. The second-order valence-corrected chi connectivity index (χ2v) is 2.89. The Bertz CT molecular complexity index is 161. The van der Waals surface area contributed by atoms with Crippen LogP contribution in [0.25, 0.3) is 0 Å². The fourth-order valence-electron chi connectivity index (χ4n) is 1.35. The molecule has 0 bridgehead atoms. The van der Waals surface area contributed by atoms with Crippen molar-refractivity contribution in [1.82, 2.24) is 0 Å². The van der Waals surface area contributed by atoms with Gasteiger partial charge in [-0.25, -0.2) is 0 Å². The van der Waals surface area contributed by atoms with Crippen LogP contribution < -0.4 is 0 Å². The van der Waals surface area contributed by atoms with Crippen LogP contribution in [0.4, 0.5) is 0 Å². The van der Waals surface area contributed by atoms with Gasteiger partial charge in [-0.2, -0.15) is 0 Å². The van der Waals surface area contributed by atoms with Crippen LogP contribution in [-0.4, -0.2) is 0 Å². The molecule has 0 unspecified atom stereocenters. The molecule has 10 heavy (non-hydrogen) atoms. The molecule has 0 aromatic carbocycles. The van der Waals surface area contributed by atoms with E-state index in [0.717, 1.165) is 0 Å². The lowest BCUT2D eigenvalue weighted by atomic mass is 10.1. The lowest BCUT2D eigenvalue weighted by Gasteiger charge is -1.92. The Morgan fingerprint density at radius 1 is 1.40 bits per heavy atom. The summed E-state index contributed by atoms with van der Waals surface area (Å²) in [6, 6.07) is 0. The summed E-state index contributed by atoms with van der Waals surface area (Å²) < 4.78 is 0. The highest BCUT2D eigenvalue weighted by atomic mass is 14.1. The van der Waals surface area contributed by atoms with Crippen molar-refractivity contribution in [2.75, 3.05) is 0 Å². The van der Waals surface area contributed by atoms with Gasteiger partial charge in [0.15, 0.2) is 0 Å². The highest BCUT2D eigenvalue weighted by Gasteiger charge is 2.02. The Hall–Kier alpha value is -0.520. The van der Waals surface area contributed by atoms with E-state index in [9.17, 15) is 0 Å². The number of hydrogen-bond acceptors (Lipinski definition) is 0. The standard InChI is InChI=1S/C10H16/c1-3-5-10-7-6-9(4-2)8-10/h7-8H,3-6H2,1-2H3. The van der Waals surface area contributed by atoms with Crippen LogP contribution in [0, 0.1) is 0 Å². The largest absolute Gasteiger partial charge is 0.0772 e. The van der Waals surface area contributed by atoms with Gasteiger partial charge in [0.2, 0.25) is 0 Å². The van der Waals surface area contributed by atoms with Crippen LogP contribution in [0.2, 0.25) is 0 Å². The second kappa shape index (κ2) is 3.60. The van der Waals surface area contributed by atoms with Gasteiger partial charge in [0.1, 0.15) is 0 Å². The van der Waals surface area contributed by atoms with E-state index in [1.54, 1.807) is 11.1 Å². The van der Waals surface area contributed by atoms with Crippen molar-refractivity contribution in [2.45, 2.75) is 39.5 Å². The van der Waals surface area contributed by atoms with Gasteiger partial charge >= 0.3 is 0 Å². The van der Waals surface area contributed by atoms with Gasteiger partial charge in [-0.1, -0.05) is 43.6 Å². The van der Waals surface area contributed by atoms with Crippen LogP contribution in [-0.2, 0) is 0 Å². The van der Waals surface area contributed by atoms with E-state index >= 15 is 0 Å². The molecule has 0 nitrogen and oxygen atoms in total. The molecule has 0 aromatic rings. The molecule has 0 saturated carbocycles. The molecule has 0 radical (unpaired) electrons. The molecule has 0 fully saturated rings. The van der Waals surface area contributed by atoms with Crippen LogP contribution >= 0.6 is 0 Å². The molecule has 1 aliphatic rings. The summed E-state index contributed by atoms with van der Waals surface area (Å²) in [5, 5.41) is 0. The molecule has 0 atom stereocenters. The first-order chi connectivity index (χ1) is 4.86. The fraction of sp³-hybridized carbons (Fsp3) is 0.600. The van der Waals surface area contributed by atoms with Gasteiger partial charge in [0.25, 0.3) is 0 Å². The summed E-state index contributed by atoms with van der Waals surface area (Å²) in [5.41, 5.74) is 3.16. The van der Waals surface area contributed by atoms with E-state index in [-0.39, 0.29) is 0 Å². The number of rotatable bonds is 3. The predicted molar refractivity (Wildman–Crippen MR) is 46.0 cm³/mol. The quantitative estimate of drug-likeness (QED) is 0.557. The molecule has 0 N–H and O–H groups in total. The van der Waals surface area contributed by atoms with E-state index in [1.807, 2.05) is 0 Å². The minimum absolute atomic E-state index is 1.21. The normalized spacial score (nSPS) is 17.0. The Labute approximate surface area is 63.6 Å². The molecule has 56 valence electrons. The number of allylic oxidation sites excluding steroid dienone is 4. The van der Waals surface area contributed by atoms with Gasteiger partial charge in [-0.05, 0) is 19.3 Å². The topological polar surface area (TPSA) is 0 Å². The molecule has 0 amide bonds. The number of hydrogen-bond donors (Lipinski definition) is 0. The van der Waals surface area contributed by atoms with Crippen LogP contribution in [0.5, 0.6) is 0 Å². The molecule has 0 heterocycles. The van der Waals surface area contributed by atoms with Crippen molar-refractivity contribution in [3.8, 4) is 0 Å². The molecular formula is C10H16. The smallest absolute Gasteiger partial charge is 0.0130 e. The third-order valence-electron chi connectivity index (χ3n) is 2.01. The summed E-state index contributed by atoms with van der Waals surface area (Å²) in [6.45, 7) is 4.47. The molecular weight excluding hydrogens is 120 g/mol. The van der Waals surface area contributed by atoms with Crippen LogP contribution in [0.15, 0.2) is 23.3 Å². The Kier molecular flexibility index (Phi) is 2.73. The first-order valence-electron chi connectivity index (χ1n) is 4.25. The van der Waals surface area contributed by atoms with Crippen molar-refractivity contribution in [1.29, 1.82) is 0 Å². The monoisotopic (exact) mass is 136 g/mol. The summed E-state index contributed by atoms with van der Waals surface area (Å²) in [5.74, 6) is 0. The maximum Gasteiger partial charge on any atom is -0.0130 e. The summed E-state index contributed by atoms with van der Waals surface area (Å²) in [7, 11) is 0. The van der Waals surface area contributed by atoms with Crippen molar-refractivity contribution < 1.29 is 0 Å². The molecule has 0 aliphatic heterocycles. The van der Waals surface area contributed by atoms with E-state index < -0.39 is 0 Å². The van der Waals surface area contributed by atoms with Gasteiger partial charge < -0.3 is 0 Å². The minimum Gasteiger partial charge on any atom is -0.0772 e. The maximum atomic E-state index is 2.36. The van der Waals surface area contributed by atoms with Gasteiger partial charge in [0, 0.05) is 0 Å². The zero-order chi connectivity index (χ0) is 7.40. The van der Waals surface area contributed by atoms with Gasteiger partial charge in [-0.15, -0.1) is 0 Å². The molecule has 0 heteroatoms.